The van der Waals surface area contributed by atoms with Crippen molar-refractivity contribution in [3.63, 3.8) is 0 Å². The van der Waals surface area contributed by atoms with Gasteiger partial charge in [-0.25, -0.2) is 0 Å². The zero-order valence-corrected chi connectivity index (χ0v) is 14.9. The Morgan fingerprint density at radius 3 is 2.25 bits per heavy atom. The number of rotatable bonds is 6. The molecule has 2 aromatic carbocycles. The van der Waals surface area contributed by atoms with Gasteiger partial charge in [-0.05, 0) is 76.1 Å². The molecule has 0 fully saturated rings. The van der Waals surface area contributed by atoms with Gasteiger partial charge in [0.2, 0.25) is 0 Å². The predicted molar refractivity (Wildman–Crippen MR) is 96.8 cm³/mol. The van der Waals surface area contributed by atoms with E-state index in [0.29, 0.717) is 5.69 Å². The Morgan fingerprint density at radius 1 is 0.958 bits per heavy atom. The summed E-state index contributed by atoms with van der Waals surface area (Å²) in [6, 6.07) is 13.1. The highest BCUT2D eigenvalue weighted by Crippen LogP contribution is 2.22. The van der Waals surface area contributed by atoms with Crippen molar-refractivity contribution in [1.82, 2.24) is 0 Å². The summed E-state index contributed by atoms with van der Waals surface area (Å²) in [7, 11) is 0. The number of ether oxygens (including phenoxy) is 2. The average Bonchev–Trinajstić information content (AvgIpc) is 2.53. The van der Waals surface area contributed by atoms with Gasteiger partial charge in [0.15, 0.2) is 6.10 Å². The van der Waals surface area contributed by atoms with Crippen molar-refractivity contribution in [2.75, 3.05) is 5.32 Å². The van der Waals surface area contributed by atoms with E-state index < -0.39 is 6.10 Å². The first-order chi connectivity index (χ1) is 11.4. The van der Waals surface area contributed by atoms with Crippen molar-refractivity contribution >= 4 is 11.6 Å². The van der Waals surface area contributed by atoms with Gasteiger partial charge in [0.1, 0.15) is 11.5 Å². The zero-order valence-electron chi connectivity index (χ0n) is 14.9. The van der Waals surface area contributed by atoms with E-state index in [1.54, 1.807) is 6.92 Å². The quantitative estimate of drug-likeness (QED) is 0.850. The highest BCUT2D eigenvalue weighted by atomic mass is 16.5. The molecule has 4 heteroatoms. The van der Waals surface area contributed by atoms with Crippen LogP contribution in [-0.2, 0) is 4.79 Å². The Hall–Kier alpha value is -2.49. The van der Waals surface area contributed by atoms with Gasteiger partial charge >= 0.3 is 0 Å². The molecule has 1 atom stereocenters. The molecule has 0 saturated carbocycles. The second-order valence-corrected chi connectivity index (χ2v) is 6.14. The van der Waals surface area contributed by atoms with Gasteiger partial charge in [-0.2, -0.15) is 0 Å². The smallest absolute Gasteiger partial charge is 0.265 e. The highest BCUT2D eigenvalue weighted by molar-refractivity contribution is 5.94. The summed E-state index contributed by atoms with van der Waals surface area (Å²) in [5.74, 6) is 1.33. The van der Waals surface area contributed by atoms with Crippen LogP contribution in [0.15, 0.2) is 42.5 Å². The largest absolute Gasteiger partial charge is 0.491 e. The van der Waals surface area contributed by atoms with Crippen LogP contribution in [0.2, 0.25) is 0 Å². The second-order valence-electron chi connectivity index (χ2n) is 6.14. The van der Waals surface area contributed by atoms with E-state index in [1.165, 1.54) is 0 Å². The van der Waals surface area contributed by atoms with Gasteiger partial charge in [0, 0.05) is 5.69 Å². The molecule has 0 aliphatic rings. The third-order valence-corrected chi connectivity index (χ3v) is 3.72. The van der Waals surface area contributed by atoms with Crippen LogP contribution >= 0.6 is 0 Å². The third kappa shape index (κ3) is 4.75. The summed E-state index contributed by atoms with van der Waals surface area (Å²) in [4.78, 5) is 12.3. The monoisotopic (exact) mass is 327 g/mol. The Labute approximate surface area is 143 Å². The molecule has 0 aliphatic heterocycles. The molecule has 1 N–H and O–H groups in total. The fraction of sp³-hybridized carbons (Fsp3) is 0.350. The topological polar surface area (TPSA) is 47.6 Å². The van der Waals surface area contributed by atoms with Crippen molar-refractivity contribution in [1.29, 1.82) is 0 Å². The van der Waals surface area contributed by atoms with E-state index in [-0.39, 0.29) is 12.0 Å². The van der Waals surface area contributed by atoms with Crippen LogP contribution in [0.25, 0.3) is 0 Å². The van der Waals surface area contributed by atoms with Crippen LogP contribution < -0.4 is 14.8 Å². The lowest BCUT2D eigenvalue weighted by molar-refractivity contribution is -0.122. The van der Waals surface area contributed by atoms with Crippen LogP contribution in [-0.4, -0.2) is 18.1 Å². The maximum atomic E-state index is 12.3. The minimum atomic E-state index is -0.586. The number of carbonyl (C=O) groups is 1. The van der Waals surface area contributed by atoms with E-state index in [4.69, 9.17) is 9.47 Å². The van der Waals surface area contributed by atoms with Gasteiger partial charge in [0.05, 0.1) is 6.10 Å². The summed E-state index contributed by atoms with van der Waals surface area (Å²) in [6.07, 6.45) is -0.464. The summed E-state index contributed by atoms with van der Waals surface area (Å²) in [6.45, 7) is 9.70. The molecule has 1 amide bonds. The lowest BCUT2D eigenvalue weighted by Crippen LogP contribution is -2.30. The Balaban J connectivity index is 1.97. The van der Waals surface area contributed by atoms with Gasteiger partial charge < -0.3 is 14.8 Å². The molecule has 0 heterocycles. The van der Waals surface area contributed by atoms with Gasteiger partial charge in [0.25, 0.3) is 5.91 Å². The number of amides is 1. The normalized spacial score (nSPS) is 11.9. The molecule has 2 aromatic rings. The van der Waals surface area contributed by atoms with E-state index in [1.807, 2.05) is 70.2 Å². The molecular formula is C20H25NO3. The number of anilines is 1. The average molecular weight is 327 g/mol. The van der Waals surface area contributed by atoms with Crippen molar-refractivity contribution in [2.45, 2.75) is 46.8 Å². The maximum Gasteiger partial charge on any atom is 0.265 e. The van der Waals surface area contributed by atoms with E-state index in [2.05, 4.69) is 5.32 Å². The number of carbonyl (C=O) groups excluding carboxylic acids is 1. The number of aryl methyl sites for hydroxylation is 1. The molecule has 0 spiro atoms. The van der Waals surface area contributed by atoms with Crippen LogP contribution in [0.4, 0.5) is 5.69 Å². The molecule has 128 valence electrons. The molecule has 0 unspecified atom stereocenters. The molecule has 0 bridgehead atoms. The SMILES string of the molecule is Cc1cccc(O[C@H](C)C(=O)Nc2ccc(OC(C)C)cc2)c1C. The molecule has 24 heavy (non-hydrogen) atoms. The van der Waals surface area contributed by atoms with Gasteiger partial charge in [-0.15, -0.1) is 0 Å². The molecular weight excluding hydrogens is 302 g/mol. The fourth-order valence-electron chi connectivity index (χ4n) is 2.23. The minimum Gasteiger partial charge on any atom is -0.491 e. The van der Waals surface area contributed by atoms with Crippen LogP contribution in [0, 0.1) is 13.8 Å². The zero-order chi connectivity index (χ0) is 17.7. The molecule has 2 rings (SSSR count). The number of nitrogens with one attached hydrogen (secondary N) is 1. The maximum absolute atomic E-state index is 12.3. The van der Waals surface area contributed by atoms with E-state index in [9.17, 15) is 4.79 Å². The Kier molecular flexibility index (Phi) is 5.85. The number of hydrogen-bond donors (Lipinski definition) is 1. The first-order valence-corrected chi connectivity index (χ1v) is 8.17. The minimum absolute atomic E-state index is 0.122. The number of benzene rings is 2. The molecule has 0 aromatic heterocycles. The van der Waals surface area contributed by atoms with E-state index >= 15 is 0 Å². The molecule has 0 saturated heterocycles. The van der Waals surface area contributed by atoms with Crippen LogP contribution in [0.5, 0.6) is 11.5 Å². The predicted octanol–water partition coefficient (Wildman–Crippen LogP) is 4.50. The summed E-state index contributed by atoms with van der Waals surface area (Å²) < 4.78 is 11.4. The summed E-state index contributed by atoms with van der Waals surface area (Å²) in [5.41, 5.74) is 2.90. The first-order valence-electron chi connectivity index (χ1n) is 8.17. The summed E-state index contributed by atoms with van der Waals surface area (Å²) in [5, 5.41) is 2.86. The number of hydrogen-bond acceptors (Lipinski definition) is 3. The van der Waals surface area contributed by atoms with Gasteiger partial charge in [-0.3, -0.25) is 4.79 Å². The van der Waals surface area contributed by atoms with Crippen LogP contribution in [0.3, 0.4) is 0 Å². The standard InChI is InChI=1S/C20H25NO3/c1-13(2)23-18-11-9-17(10-12-18)21-20(22)16(5)24-19-8-6-7-14(3)15(19)4/h6-13,16H,1-5H3,(H,21,22)/t16-/m1/s1. The lowest BCUT2D eigenvalue weighted by Gasteiger charge is -2.17. The third-order valence-electron chi connectivity index (χ3n) is 3.72. The van der Waals surface area contributed by atoms with E-state index in [0.717, 1.165) is 22.6 Å². The van der Waals surface area contributed by atoms with Crippen molar-refractivity contribution in [3.8, 4) is 11.5 Å². The second kappa shape index (κ2) is 7.86. The molecule has 4 nitrogen and oxygen atoms in total. The van der Waals surface area contributed by atoms with Crippen molar-refractivity contribution < 1.29 is 14.3 Å². The highest BCUT2D eigenvalue weighted by Gasteiger charge is 2.16. The first kappa shape index (κ1) is 17.9. The van der Waals surface area contributed by atoms with Crippen LogP contribution in [0.1, 0.15) is 31.9 Å². The lowest BCUT2D eigenvalue weighted by atomic mass is 10.1. The Bertz CT molecular complexity index is 693. The van der Waals surface area contributed by atoms with Crippen molar-refractivity contribution in [3.05, 3.63) is 53.6 Å². The molecule has 0 radical (unpaired) electrons. The molecule has 0 aliphatic carbocycles. The summed E-state index contributed by atoms with van der Waals surface area (Å²) >= 11 is 0. The van der Waals surface area contributed by atoms with Crippen molar-refractivity contribution in [2.24, 2.45) is 0 Å². The fourth-order valence-corrected chi connectivity index (χ4v) is 2.23. The van der Waals surface area contributed by atoms with Gasteiger partial charge in [-0.1, -0.05) is 12.1 Å². The Morgan fingerprint density at radius 2 is 1.62 bits per heavy atom.